The number of benzene rings is 2. The third kappa shape index (κ3) is 5.03. The minimum Gasteiger partial charge on any atom is -0.495 e. The number of hydrogen-bond donors (Lipinski definition) is 3. The van der Waals surface area contributed by atoms with E-state index >= 15 is 0 Å². The van der Waals surface area contributed by atoms with E-state index < -0.39 is 0 Å². The van der Waals surface area contributed by atoms with Gasteiger partial charge < -0.3 is 29.8 Å². The Morgan fingerprint density at radius 3 is 2.17 bits per heavy atom. The molecule has 156 valence electrons. The van der Waals surface area contributed by atoms with Crippen molar-refractivity contribution in [1.29, 1.82) is 0 Å². The first-order valence-corrected chi connectivity index (χ1v) is 9.65. The van der Waals surface area contributed by atoms with Gasteiger partial charge in [0.2, 0.25) is 0 Å². The van der Waals surface area contributed by atoms with Gasteiger partial charge in [-0.2, -0.15) is 0 Å². The minimum atomic E-state index is -0.307. The lowest BCUT2D eigenvalue weighted by atomic mass is 10.2. The molecule has 30 heavy (non-hydrogen) atoms. The van der Waals surface area contributed by atoms with E-state index in [-0.39, 0.29) is 11.7 Å². The number of carbonyl (C=O) groups excluding carboxylic acids is 1. The number of rotatable bonds is 6. The fourth-order valence-electron chi connectivity index (χ4n) is 2.67. The monoisotopic (exact) mass is 445 g/mol. The summed E-state index contributed by atoms with van der Waals surface area (Å²) in [5.74, 6) is 1.01. The largest absolute Gasteiger partial charge is 0.495 e. The van der Waals surface area contributed by atoms with Crippen LogP contribution in [0.4, 0.5) is 17.1 Å². The molecular weight excluding hydrogens is 426 g/mol. The molecule has 7 nitrogen and oxygen atoms in total. The van der Waals surface area contributed by atoms with Crippen LogP contribution in [-0.4, -0.2) is 25.2 Å². The highest BCUT2D eigenvalue weighted by molar-refractivity contribution is 7.80. The van der Waals surface area contributed by atoms with E-state index in [1.54, 1.807) is 49.6 Å². The van der Waals surface area contributed by atoms with Crippen molar-refractivity contribution in [2.24, 2.45) is 0 Å². The number of nitrogens with one attached hydrogen (secondary N) is 3. The number of anilines is 3. The maximum Gasteiger partial charge on any atom is 0.291 e. The molecule has 0 aliphatic rings. The second-order valence-corrected chi connectivity index (χ2v) is 7.05. The lowest BCUT2D eigenvalue weighted by Crippen LogP contribution is -2.19. The summed E-state index contributed by atoms with van der Waals surface area (Å²) in [5, 5.41) is 9.67. The molecule has 0 unspecified atom stereocenters. The number of thiocarbonyl (C=S) groups is 1. The number of halogens is 1. The van der Waals surface area contributed by atoms with Crippen LogP contribution < -0.4 is 25.4 Å². The van der Waals surface area contributed by atoms with Crippen LogP contribution in [-0.2, 0) is 0 Å². The van der Waals surface area contributed by atoms with E-state index in [9.17, 15) is 4.79 Å². The molecule has 1 amide bonds. The highest BCUT2D eigenvalue weighted by Gasteiger charge is 2.13. The van der Waals surface area contributed by atoms with E-state index in [0.717, 1.165) is 11.3 Å². The highest BCUT2D eigenvalue weighted by Crippen LogP contribution is 2.36. The topological polar surface area (TPSA) is 84.8 Å². The molecule has 3 rings (SSSR count). The molecule has 0 atom stereocenters. The number of methoxy groups -OCH3 is 2. The van der Waals surface area contributed by atoms with Gasteiger partial charge in [0, 0.05) is 23.0 Å². The van der Waals surface area contributed by atoms with Gasteiger partial charge in [-0.3, -0.25) is 4.79 Å². The van der Waals surface area contributed by atoms with Gasteiger partial charge in [0.05, 0.1) is 31.2 Å². The Bertz CT molecular complexity index is 1070. The maximum absolute atomic E-state index is 12.2. The second kappa shape index (κ2) is 9.51. The molecule has 3 N–H and O–H groups in total. The van der Waals surface area contributed by atoms with Crippen molar-refractivity contribution in [3.8, 4) is 11.5 Å². The van der Waals surface area contributed by atoms with E-state index in [4.69, 9.17) is 37.7 Å². The number of carbonyl (C=O) groups is 1. The molecule has 0 fully saturated rings. The third-order valence-corrected chi connectivity index (χ3v) is 4.69. The first kappa shape index (κ1) is 21.5. The Balaban J connectivity index is 1.63. The average Bonchev–Trinajstić information content (AvgIpc) is 3.15. The average molecular weight is 446 g/mol. The summed E-state index contributed by atoms with van der Waals surface area (Å²) in [4.78, 5) is 12.2. The molecule has 2 aromatic carbocycles. The number of amides is 1. The Hall–Kier alpha value is -3.23. The molecule has 9 heteroatoms. The van der Waals surface area contributed by atoms with Gasteiger partial charge in [-0.15, -0.1) is 0 Å². The SMILES string of the molecule is COc1cc(OC)c(NC(=S)Nc2ccc(NC(=O)c3occc3C)cc2)cc1Cl. The molecule has 0 bridgehead atoms. The molecule has 0 aliphatic carbocycles. The van der Waals surface area contributed by atoms with Crippen molar-refractivity contribution in [2.75, 3.05) is 30.2 Å². The molecule has 0 aliphatic heterocycles. The highest BCUT2D eigenvalue weighted by atomic mass is 35.5. The summed E-state index contributed by atoms with van der Waals surface area (Å²) in [6.07, 6.45) is 1.48. The zero-order valence-corrected chi connectivity index (χ0v) is 18.1. The van der Waals surface area contributed by atoms with Gasteiger partial charge in [0.1, 0.15) is 11.5 Å². The maximum atomic E-state index is 12.2. The van der Waals surface area contributed by atoms with Gasteiger partial charge in [-0.25, -0.2) is 0 Å². The summed E-state index contributed by atoms with van der Waals surface area (Å²) in [5.41, 5.74) is 2.73. The first-order valence-electron chi connectivity index (χ1n) is 8.86. The van der Waals surface area contributed by atoms with Crippen molar-refractivity contribution < 1.29 is 18.7 Å². The van der Waals surface area contributed by atoms with Gasteiger partial charge in [0.25, 0.3) is 5.91 Å². The lowest BCUT2D eigenvalue weighted by molar-refractivity contribution is 0.0996. The standard InChI is InChI=1S/C21H20ClN3O4S/c1-12-8-9-29-19(12)20(26)23-13-4-6-14(7-5-13)24-21(30)25-16-10-15(22)17(27-2)11-18(16)28-3/h4-11H,1-3H3,(H,23,26)(H2,24,25,30). The summed E-state index contributed by atoms with van der Waals surface area (Å²) < 4.78 is 15.7. The van der Waals surface area contributed by atoms with Crippen LogP contribution in [0.3, 0.4) is 0 Å². The fraction of sp³-hybridized carbons (Fsp3) is 0.143. The van der Waals surface area contributed by atoms with Gasteiger partial charge in [-0.05, 0) is 55.5 Å². The quantitative estimate of drug-likeness (QED) is 0.443. The Kier molecular flexibility index (Phi) is 6.81. The van der Waals surface area contributed by atoms with Gasteiger partial charge >= 0.3 is 0 Å². The Morgan fingerprint density at radius 1 is 0.967 bits per heavy atom. The number of furan rings is 1. The van der Waals surface area contributed by atoms with Crippen LogP contribution >= 0.6 is 23.8 Å². The van der Waals surface area contributed by atoms with E-state index in [2.05, 4.69) is 16.0 Å². The molecule has 1 heterocycles. The predicted molar refractivity (Wildman–Crippen MR) is 122 cm³/mol. The minimum absolute atomic E-state index is 0.287. The van der Waals surface area contributed by atoms with Crippen molar-refractivity contribution in [1.82, 2.24) is 0 Å². The molecule has 0 saturated heterocycles. The van der Waals surface area contributed by atoms with Crippen LogP contribution in [0.1, 0.15) is 16.1 Å². The smallest absolute Gasteiger partial charge is 0.291 e. The van der Waals surface area contributed by atoms with Crippen LogP contribution in [0, 0.1) is 6.92 Å². The van der Waals surface area contributed by atoms with E-state index in [1.807, 2.05) is 6.92 Å². The van der Waals surface area contributed by atoms with Crippen LogP contribution in [0.5, 0.6) is 11.5 Å². The van der Waals surface area contributed by atoms with E-state index in [0.29, 0.717) is 33.0 Å². The zero-order chi connectivity index (χ0) is 21.7. The fourth-order valence-corrected chi connectivity index (χ4v) is 3.14. The molecule has 3 aromatic rings. The Labute approximate surface area is 184 Å². The third-order valence-electron chi connectivity index (χ3n) is 4.19. The van der Waals surface area contributed by atoms with Crippen LogP contribution in [0.15, 0.2) is 53.1 Å². The summed E-state index contributed by atoms with van der Waals surface area (Å²) in [7, 11) is 3.07. The van der Waals surface area contributed by atoms with Crippen molar-refractivity contribution in [3.05, 3.63) is 65.1 Å². The molecule has 0 saturated carbocycles. The molecule has 0 spiro atoms. The Morgan fingerprint density at radius 2 is 1.60 bits per heavy atom. The summed E-state index contributed by atoms with van der Waals surface area (Å²) in [6.45, 7) is 1.81. The van der Waals surface area contributed by atoms with Crippen LogP contribution in [0.25, 0.3) is 0 Å². The predicted octanol–water partition coefficient (Wildman–Crippen LogP) is 5.32. The normalized spacial score (nSPS) is 10.3. The number of ether oxygens (including phenoxy) is 2. The summed E-state index contributed by atoms with van der Waals surface area (Å²) in [6, 6.07) is 12.2. The lowest BCUT2D eigenvalue weighted by Gasteiger charge is -2.15. The molecule has 1 aromatic heterocycles. The van der Waals surface area contributed by atoms with E-state index in [1.165, 1.54) is 13.4 Å². The summed E-state index contributed by atoms with van der Waals surface area (Å²) >= 11 is 11.5. The number of hydrogen-bond acceptors (Lipinski definition) is 5. The number of aryl methyl sites for hydroxylation is 1. The first-order chi connectivity index (χ1) is 14.4. The van der Waals surface area contributed by atoms with Crippen molar-refractivity contribution in [3.63, 3.8) is 0 Å². The molecule has 0 radical (unpaired) electrons. The second-order valence-electron chi connectivity index (χ2n) is 6.23. The molecular formula is C21H20ClN3O4S. The van der Waals surface area contributed by atoms with Gasteiger partial charge in [-0.1, -0.05) is 11.6 Å². The van der Waals surface area contributed by atoms with Crippen molar-refractivity contribution in [2.45, 2.75) is 6.92 Å². The van der Waals surface area contributed by atoms with Crippen molar-refractivity contribution >= 4 is 51.9 Å². The van der Waals surface area contributed by atoms with Gasteiger partial charge in [0.15, 0.2) is 10.9 Å². The van der Waals surface area contributed by atoms with Crippen LogP contribution in [0.2, 0.25) is 5.02 Å². The zero-order valence-electron chi connectivity index (χ0n) is 16.5.